The number of hydrogen-bond acceptors (Lipinski definition) is 4. The first-order valence-corrected chi connectivity index (χ1v) is 9.21. The summed E-state index contributed by atoms with van der Waals surface area (Å²) in [6, 6.07) is 0. The van der Waals surface area contributed by atoms with Crippen molar-refractivity contribution >= 4 is 0 Å². The fraction of sp³-hybridized carbons (Fsp3) is 1.00. The summed E-state index contributed by atoms with van der Waals surface area (Å²) < 4.78 is 15.1. The molecular formula is C18H36O4. The van der Waals surface area contributed by atoms with Crippen molar-refractivity contribution in [1.82, 2.24) is 0 Å². The van der Waals surface area contributed by atoms with Gasteiger partial charge < -0.3 is 19.3 Å². The molecule has 22 heavy (non-hydrogen) atoms. The van der Waals surface area contributed by atoms with Gasteiger partial charge in [-0.1, -0.05) is 58.8 Å². The molecule has 2 heterocycles. The van der Waals surface area contributed by atoms with E-state index in [1.54, 1.807) is 0 Å². The van der Waals surface area contributed by atoms with Gasteiger partial charge in [0.25, 0.3) is 0 Å². The van der Waals surface area contributed by atoms with Crippen LogP contribution in [0.15, 0.2) is 0 Å². The quantitative estimate of drug-likeness (QED) is 0.417. The van der Waals surface area contributed by atoms with E-state index in [0.717, 1.165) is 32.8 Å². The molecule has 3 atom stereocenters. The van der Waals surface area contributed by atoms with Gasteiger partial charge in [0.05, 0.1) is 26.4 Å². The number of ether oxygens (including phenoxy) is 3. The Morgan fingerprint density at radius 3 is 1.95 bits per heavy atom. The monoisotopic (exact) mass is 316 g/mol. The Kier molecular flexibility index (Phi) is 12.0. The van der Waals surface area contributed by atoms with Crippen LogP contribution in [0.1, 0.15) is 65.2 Å². The second kappa shape index (κ2) is 13.3. The minimum absolute atomic E-state index is 0.380. The van der Waals surface area contributed by atoms with Crippen LogP contribution >= 0.6 is 0 Å². The van der Waals surface area contributed by atoms with Crippen LogP contribution in [-0.2, 0) is 14.2 Å². The molecule has 2 aliphatic heterocycles. The first kappa shape index (κ1) is 19.9. The van der Waals surface area contributed by atoms with Gasteiger partial charge in [0, 0.05) is 6.61 Å². The Labute approximate surface area is 136 Å². The van der Waals surface area contributed by atoms with Crippen LogP contribution < -0.4 is 0 Å². The number of aliphatic hydroxyl groups excluding tert-OH is 1. The third-order valence-electron chi connectivity index (χ3n) is 4.21. The summed E-state index contributed by atoms with van der Waals surface area (Å²) in [7, 11) is 0. The maximum Gasteiger partial charge on any atom is 0.104 e. The summed E-state index contributed by atoms with van der Waals surface area (Å²) in [5, 5.41) is 8.97. The van der Waals surface area contributed by atoms with E-state index < -0.39 is 0 Å². The van der Waals surface area contributed by atoms with Gasteiger partial charge in [-0.25, -0.2) is 0 Å². The van der Waals surface area contributed by atoms with Crippen molar-refractivity contribution in [3.8, 4) is 0 Å². The van der Waals surface area contributed by atoms with Gasteiger partial charge in [0.1, 0.15) is 12.2 Å². The van der Waals surface area contributed by atoms with Crippen molar-refractivity contribution in [2.75, 3.05) is 33.0 Å². The second-order valence-electron chi connectivity index (χ2n) is 6.46. The van der Waals surface area contributed by atoms with Crippen LogP contribution in [-0.4, -0.2) is 50.3 Å². The van der Waals surface area contributed by atoms with E-state index in [1.807, 2.05) is 0 Å². The molecule has 0 aromatic carbocycles. The molecule has 2 rings (SSSR count). The summed E-state index contributed by atoms with van der Waals surface area (Å²) in [5.74, 6) is 0.561. The molecule has 0 bridgehead atoms. The average molecular weight is 316 g/mol. The van der Waals surface area contributed by atoms with Crippen LogP contribution in [0.4, 0.5) is 0 Å². The summed E-state index contributed by atoms with van der Waals surface area (Å²) in [5.41, 5.74) is 0. The summed E-state index contributed by atoms with van der Waals surface area (Å²) in [6.07, 6.45) is 11.3. The molecule has 0 saturated carbocycles. The predicted molar refractivity (Wildman–Crippen MR) is 89.2 cm³/mol. The SMILES string of the molecule is C(OCC1CO1)C1CO1.CCCCCCCCC(CC)CO. The molecule has 2 saturated heterocycles. The molecule has 2 fully saturated rings. The first-order chi connectivity index (χ1) is 10.8. The first-order valence-electron chi connectivity index (χ1n) is 9.21. The van der Waals surface area contributed by atoms with Crippen molar-refractivity contribution < 1.29 is 19.3 Å². The molecule has 0 aromatic heterocycles. The van der Waals surface area contributed by atoms with Gasteiger partial charge in [0.15, 0.2) is 0 Å². The summed E-state index contributed by atoms with van der Waals surface area (Å²) in [4.78, 5) is 0. The highest BCUT2D eigenvalue weighted by Gasteiger charge is 2.26. The molecule has 132 valence electrons. The van der Waals surface area contributed by atoms with Crippen LogP contribution in [0.5, 0.6) is 0 Å². The Morgan fingerprint density at radius 1 is 0.955 bits per heavy atom. The molecule has 4 nitrogen and oxygen atoms in total. The number of unbranched alkanes of at least 4 members (excludes halogenated alkanes) is 5. The van der Waals surface area contributed by atoms with E-state index >= 15 is 0 Å². The zero-order valence-electron chi connectivity index (χ0n) is 14.6. The maximum atomic E-state index is 8.97. The van der Waals surface area contributed by atoms with Crippen molar-refractivity contribution in [2.45, 2.75) is 77.4 Å². The molecule has 3 unspecified atom stereocenters. The van der Waals surface area contributed by atoms with Crippen LogP contribution in [0.2, 0.25) is 0 Å². The molecule has 2 aliphatic rings. The Hall–Kier alpha value is -0.160. The zero-order chi connectivity index (χ0) is 16.0. The van der Waals surface area contributed by atoms with Gasteiger partial charge in [-0.05, 0) is 12.3 Å². The molecule has 1 N–H and O–H groups in total. The molecule has 0 radical (unpaired) electrons. The lowest BCUT2D eigenvalue weighted by atomic mass is 9.99. The number of aliphatic hydroxyl groups is 1. The lowest BCUT2D eigenvalue weighted by molar-refractivity contribution is 0.102. The normalized spacial score (nSPS) is 23.6. The molecule has 0 amide bonds. The third-order valence-corrected chi connectivity index (χ3v) is 4.21. The van der Waals surface area contributed by atoms with Gasteiger partial charge >= 0.3 is 0 Å². The van der Waals surface area contributed by atoms with Crippen molar-refractivity contribution in [3.05, 3.63) is 0 Å². The fourth-order valence-electron chi connectivity index (χ4n) is 2.30. The topological polar surface area (TPSA) is 54.5 Å². The molecular weight excluding hydrogens is 280 g/mol. The van der Waals surface area contributed by atoms with Crippen LogP contribution in [0.25, 0.3) is 0 Å². The standard InChI is InChI=1S/C12H26O.C6H10O3/c1-3-5-6-7-8-9-10-12(4-2)11-13;1(5-3-8-5)7-2-6-4-9-6/h12-13H,3-11H2,1-2H3;5-6H,1-4H2. The van der Waals surface area contributed by atoms with Gasteiger partial charge in [-0.3, -0.25) is 0 Å². The van der Waals surface area contributed by atoms with E-state index in [4.69, 9.17) is 19.3 Å². The fourth-order valence-corrected chi connectivity index (χ4v) is 2.30. The van der Waals surface area contributed by atoms with Gasteiger partial charge in [-0.15, -0.1) is 0 Å². The largest absolute Gasteiger partial charge is 0.396 e. The van der Waals surface area contributed by atoms with Crippen molar-refractivity contribution in [2.24, 2.45) is 5.92 Å². The Balaban J connectivity index is 0.000000231. The molecule has 4 heteroatoms. The predicted octanol–water partition coefficient (Wildman–Crippen LogP) is 3.56. The molecule has 0 aromatic rings. The van der Waals surface area contributed by atoms with Gasteiger partial charge in [-0.2, -0.15) is 0 Å². The number of rotatable bonds is 13. The van der Waals surface area contributed by atoms with Crippen LogP contribution in [0.3, 0.4) is 0 Å². The highest BCUT2D eigenvalue weighted by Crippen LogP contribution is 2.14. The Morgan fingerprint density at radius 2 is 1.50 bits per heavy atom. The zero-order valence-corrected chi connectivity index (χ0v) is 14.6. The smallest absolute Gasteiger partial charge is 0.104 e. The maximum absolute atomic E-state index is 8.97. The van der Waals surface area contributed by atoms with E-state index in [9.17, 15) is 0 Å². The molecule has 0 spiro atoms. The van der Waals surface area contributed by atoms with Crippen molar-refractivity contribution in [1.29, 1.82) is 0 Å². The van der Waals surface area contributed by atoms with E-state index in [1.165, 1.54) is 44.9 Å². The summed E-state index contributed by atoms with van der Waals surface area (Å²) >= 11 is 0. The van der Waals surface area contributed by atoms with E-state index in [2.05, 4.69) is 13.8 Å². The lowest BCUT2D eigenvalue weighted by Gasteiger charge is -2.10. The highest BCUT2D eigenvalue weighted by molar-refractivity contribution is 4.71. The number of epoxide rings is 2. The van der Waals surface area contributed by atoms with Gasteiger partial charge in [0.2, 0.25) is 0 Å². The second-order valence-corrected chi connectivity index (χ2v) is 6.46. The minimum Gasteiger partial charge on any atom is -0.396 e. The summed E-state index contributed by atoms with van der Waals surface area (Å²) in [6.45, 7) is 8.05. The van der Waals surface area contributed by atoms with Crippen LogP contribution in [0, 0.1) is 5.92 Å². The molecule has 0 aliphatic carbocycles. The average Bonchev–Trinajstić information content (AvgIpc) is 3.42. The van der Waals surface area contributed by atoms with E-state index in [0.29, 0.717) is 24.7 Å². The lowest BCUT2D eigenvalue weighted by Crippen LogP contribution is -2.06. The highest BCUT2D eigenvalue weighted by atomic mass is 16.6. The number of hydrogen-bond donors (Lipinski definition) is 1. The minimum atomic E-state index is 0.380. The van der Waals surface area contributed by atoms with Crippen molar-refractivity contribution in [3.63, 3.8) is 0 Å². The van der Waals surface area contributed by atoms with E-state index in [-0.39, 0.29) is 0 Å². The third kappa shape index (κ3) is 12.4. The Bertz CT molecular complexity index is 223.